The summed E-state index contributed by atoms with van der Waals surface area (Å²) in [5.74, 6) is -0.836. The minimum Gasteiger partial charge on any atom is -0.482 e. The molecular weight excluding hydrogens is 300 g/mol. The van der Waals surface area contributed by atoms with Gasteiger partial charge in [0.2, 0.25) is 0 Å². The predicted octanol–water partition coefficient (Wildman–Crippen LogP) is 1.46. The molecule has 1 unspecified atom stereocenters. The van der Waals surface area contributed by atoms with Gasteiger partial charge in [-0.1, -0.05) is 6.07 Å². The summed E-state index contributed by atoms with van der Waals surface area (Å²) in [6, 6.07) is 4.95. The lowest BCUT2D eigenvalue weighted by Crippen LogP contribution is -2.44. The third-order valence-corrected chi connectivity index (χ3v) is 2.80. The van der Waals surface area contributed by atoms with E-state index in [2.05, 4.69) is 10.6 Å². The molecule has 0 aromatic heterocycles. The lowest BCUT2D eigenvalue weighted by atomic mass is 10.1. The topological polar surface area (TPSA) is 93.7 Å². The van der Waals surface area contributed by atoms with E-state index in [1.54, 1.807) is 19.1 Å². The molecule has 0 aliphatic carbocycles. The molecule has 0 spiro atoms. The van der Waals surface area contributed by atoms with Gasteiger partial charge in [-0.05, 0) is 51.0 Å². The molecule has 7 nitrogen and oxygen atoms in total. The van der Waals surface area contributed by atoms with Crippen molar-refractivity contribution in [2.45, 2.75) is 33.8 Å². The van der Waals surface area contributed by atoms with Crippen LogP contribution in [-0.4, -0.2) is 37.2 Å². The smallest absolute Gasteiger partial charge is 0.344 e. The molecule has 0 radical (unpaired) electrons. The number of ether oxygens (including phenoxy) is 2. The highest BCUT2D eigenvalue weighted by Crippen LogP contribution is 2.16. The first-order valence-corrected chi connectivity index (χ1v) is 7.31. The summed E-state index contributed by atoms with van der Waals surface area (Å²) >= 11 is 0. The van der Waals surface area contributed by atoms with Crippen molar-refractivity contribution in [2.24, 2.45) is 0 Å². The number of hydrogen-bond donors (Lipinski definition) is 2. The number of carbonyl (C=O) groups excluding carboxylic acids is 3. The molecule has 0 fully saturated rings. The fourth-order valence-electron chi connectivity index (χ4n) is 1.86. The monoisotopic (exact) mass is 322 g/mol. The molecule has 0 aliphatic rings. The Labute approximate surface area is 135 Å². The Morgan fingerprint density at radius 3 is 2.30 bits per heavy atom. The second kappa shape index (κ2) is 8.77. The Balaban J connectivity index is 2.43. The zero-order valence-electron chi connectivity index (χ0n) is 13.8. The van der Waals surface area contributed by atoms with Crippen molar-refractivity contribution in [2.75, 3.05) is 13.2 Å². The number of nitrogens with one attached hydrogen (secondary N) is 2. The summed E-state index contributed by atoms with van der Waals surface area (Å²) in [6.07, 6.45) is -1.09. The fraction of sp³-hybridized carbons (Fsp3) is 0.438. The van der Waals surface area contributed by atoms with E-state index >= 15 is 0 Å². The van der Waals surface area contributed by atoms with Gasteiger partial charge in [0.15, 0.2) is 12.7 Å². The Hall–Kier alpha value is -2.57. The second-order valence-electron chi connectivity index (χ2n) is 5.09. The summed E-state index contributed by atoms with van der Waals surface area (Å²) in [6.45, 7) is 7.01. The molecule has 0 bridgehead atoms. The first-order chi connectivity index (χ1) is 10.8. The average molecular weight is 322 g/mol. The maximum Gasteiger partial charge on any atom is 0.344 e. The van der Waals surface area contributed by atoms with E-state index in [0.29, 0.717) is 12.3 Å². The number of urea groups is 1. The molecule has 1 atom stereocenters. The van der Waals surface area contributed by atoms with Crippen LogP contribution in [0.25, 0.3) is 0 Å². The first-order valence-electron chi connectivity index (χ1n) is 7.31. The number of carbonyl (C=O) groups is 3. The molecule has 2 N–H and O–H groups in total. The minimum absolute atomic E-state index is 0.318. The van der Waals surface area contributed by atoms with Crippen LogP contribution >= 0.6 is 0 Å². The molecule has 1 rings (SSSR count). The van der Waals surface area contributed by atoms with E-state index in [1.807, 2.05) is 19.9 Å². The van der Waals surface area contributed by atoms with Gasteiger partial charge in [0.05, 0.1) is 0 Å². The second-order valence-corrected chi connectivity index (χ2v) is 5.09. The maximum absolute atomic E-state index is 11.7. The largest absolute Gasteiger partial charge is 0.482 e. The highest BCUT2D eigenvalue weighted by Gasteiger charge is 2.20. The number of aryl methyl sites for hydroxylation is 2. The van der Waals surface area contributed by atoms with E-state index in [9.17, 15) is 14.4 Å². The SMILES string of the molecule is CCNC(=O)NC(=O)C(C)OC(=O)COc1cc(C)cc(C)c1. The Bertz CT molecular complexity index is 566. The molecule has 3 amide bonds. The van der Waals surface area contributed by atoms with Gasteiger partial charge in [0, 0.05) is 6.54 Å². The Morgan fingerprint density at radius 2 is 1.74 bits per heavy atom. The molecular formula is C16H22N2O5. The maximum atomic E-state index is 11.7. The molecule has 7 heteroatoms. The van der Waals surface area contributed by atoms with Gasteiger partial charge in [0.1, 0.15) is 5.75 Å². The number of esters is 1. The van der Waals surface area contributed by atoms with Gasteiger partial charge in [-0.2, -0.15) is 0 Å². The highest BCUT2D eigenvalue weighted by molar-refractivity contribution is 5.97. The lowest BCUT2D eigenvalue weighted by molar-refractivity contribution is -0.156. The van der Waals surface area contributed by atoms with Crippen molar-refractivity contribution in [1.29, 1.82) is 0 Å². The summed E-state index contributed by atoms with van der Waals surface area (Å²) in [5.41, 5.74) is 2.03. The third-order valence-electron chi connectivity index (χ3n) is 2.80. The van der Waals surface area contributed by atoms with Crippen molar-refractivity contribution in [3.05, 3.63) is 29.3 Å². The predicted molar refractivity (Wildman–Crippen MR) is 84.2 cm³/mol. The summed E-state index contributed by atoms with van der Waals surface area (Å²) in [7, 11) is 0. The standard InChI is InChI=1S/C16H22N2O5/c1-5-17-16(21)18-15(20)12(4)23-14(19)9-22-13-7-10(2)6-11(3)8-13/h6-8,12H,5,9H2,1-4H3,(H2,17,18,20,21). The van der Waals surface area contributed by atoms with Crippen LogP contribution < -0.4 is 15.4 Å². The van der Waals surface area contributed by atoms with Gasteiger partial charge in [0.25, 0.3) is 5.91 Å². The van der Waals surface area contributed by atoms with Gasteiger partial charge >= 0.3 is 12.0 Å². The zero-order valence-corrected chi connectivity index (χ0v) is 13.8. The van der Waals surface area contributed by atoms with E-state index in [0.717, 1.165) is 11.1 Å². The molecule has 126 valence electrons. The quantitative estimate of drug-likeness (QED) is 0.773. The van der Waals surface area contributed by atoms with E-state index in [4.69, 9.17) is 9.47 Å². The van der Waals surface area contributed by atoms with Gasteiger partial charge in [-0.3, -0.25) is 10.1 Å². The fourth-order valence-corrected chi connectivity index (χ4v) is 1.86. The van der Waals surface area contributed by atoms with Gasteiger partial charge in [-0.15, -0.1) is 0 Å². The van der Waals surface area contributed by atoms with E-state index in [-0.39, 0.29) is 6.61 Å². The Kier molecular flexibility index (Phi) is 7.05. The molecule has 0 aliphatic heterocycles. The molecule has 1 aromatic carbocycles. The zero-order chi connectivity index (χ0) is 17.4. The van der Waals surface area contributed by atoms with Crippen LogP contribution in [0, 0.1) is 13.8 Å². The van der Waals surface area contributed by atoms with Crippen molar-refractivity contribution >= 4 is 17.9 Å². The Morgan fingerprint density at radius 1 is 1.13 bits per heavy atom. The van der Waals surface area contributed by atoms with Gasteiger partial charge < -0.3 is 14.8 Å². The number of rotatable bonds is 6. The van der Waals surface area contributed by atoms with Crippen molar-refractivity contribution < 1.29 is 23.9 Å². The van der Waals surface area contributed by atoms with E-state index in [1.165, 1.54) is 6.92 Å². The van der Waals surface area contributed by atoms with Gasteiger partial charge in [-0.25, -0.2) is 9.59 Å². The van der Waals surface area contributed by atoms with Crippen LogP contribution in [0.15, 0.2) is 18.2 Å². The van der Waals surface area contributed by atoms with Crippen LogP contribution in [0.3, 0.4) is 0 Å². The molecule has 0 saturated heterocycles. The summed E-state index contributed by atoms with van der Waals surface area (Å²) in [5, 5.41) is 4.47. The lowest BCUT2D eigenvalue weighted by Gasteiger charge is -2.13. The molecule has 0 saturated carbocycles. The molecule has 0 heterocycles. The van der Waals surface area contributed by atoms with Crippen molar-refractivity contribution in [3.8, 4) is 5.75 Å². The van der Waals surface area contributed by atoms with E-state index < -0.39 is 24.0 Å². The highest BCUT2D eigenvalue weighted by atomic mass is 16.6. The van der Waals surface area contributed by atoms with Crippen LogP contribution in [0.2, 0.25) is 0 Å². The summed E-state index contributed by atoms with van der Waals surface area (Å²) in [4.78, 5) is 34.5. The number of imide groups is 1. The van der Waals surface area contributed by atoms with Crippen molar-refractivity contribution in [3.63, 3.8) is 0 Å². The van der Waals surface area contributed by atoms with Crippen molar-refractivity contribution in [1.82, 2.24) is 10.6 Å². The van der Waals surface area contributed by atoms with Crippen LogP contribution in [0.4, 0.5) is 4.79 Å². The number of hydrogen-bond acceptors (Lipinski definition) is 5. The molecule has 23 heavy (non-hydrogen) atoms. The average Bonchev–Trinajstić information content (AvgIpc) is 2.44. The van der Waals surface area contributed by atoms with Crippen LogP contribution in [-0.2, 0) is 14.3 Å². The first kappa shape index (κ1) is 18.5. The molecule has 1 aromatic rings. The minimum atomic E-state index is -1.09. The third kappa shape index (κ3) is 6.82. The number of benzene rings is 1. The van der Waals surface area contributed by atoms with Crippen LogP contribution in [0.1, 0.15) is 25.0 Å². The summed E-state index contributed by atoms with van der Waals surface area (Å²) < 4.78 is 10.3. The van der Waals surface area contributed by atoms with Crippen LogP contribution in [0.5, 0.6) is 5.75 Å². The normalized spacial score (nSPS) is 11.3. The number of amides is 3.